The number of nitrogens with one attached hydrogen (secondary N) is 1. The number of carbonyl (C=O) groups excluding carboxylic acids is 1. The fourth-order valence-electron chi connectivity index (χ4n) is 3.12. The number of hydrogen-bond acceptors (Lipinski definition) is 3. The molecule has 0 radical (unpaired) electrons. The molecule has 1 N–H and O–H groups in total. The van der Waals surface area contributed by atoms with Crippen LogP contribution in [0.3, 0.4) is 0 Å². The maximum absolute atomic E-state index is 12.8. The third kappa shape index (κ3) is 3.65. The Bertz CT molecular complexity index is 912. The number of hydrogen-bond donors (Lipinski definition) is 1. The van der Waals surface area contributed by atoms with E-state index in [1.807, 2.05) is 59.8 Å². The third-order valence-corrected chi connectivity index (χ3v) is 5.37. The number of anilines is 1. The molecule has 5 nitrogen and oxygen atoms in total. The van der Waals surface area contributed by atoms with E-state index in [9.17, 15) is 4.79 Å². The molecule has 1 aliphatic rings. The smallest absolute Gasteiger partial charge is 0.316 e. The van der Waals surface area contributed by atoms with Crippen LogP contribution in [0.2, 0.25) is 0 Å². The molecule has 3 aromatic rings. The summed E-state index contributed by atoms with van der Waals surface area (Å²) in [5.41, 5.74) is 3.79. The molecule has 0 bridgehead atoms. The van der Waals surface area contributed by atoms with Gasteiger partial charge in [-0.05, 0) is 62.4 Å². The molecule has 2 aromatic heterocycles. The molecule has 0 spiro atoms. The second-order valence-electron chi connectivity index (χ2n) is 6.76. The van der Waals surface area contributed by atoms with Crippen molar-refractivity contribution in [2.75, 3.05) is 5.32 Å². The second-order valence-corrected chi connectivity index (χ2v) is 7.79. The quantitative estimate of drug-likeness (QED) is 0.708. The Hall–Kier alpha value is -2.60. The van der Waals surface area contributed by atoms with E-state index in [1.54, 1.807) is 11.3 Å². The molecule has 0 aliphatic heterocycles. The zero-order valence-corrected chi connectivity index (χ0v) is 15.8. The number of rotatable bonds is 5. The van der Waals surface area contributed by atoms with Crippen molar-refractivity contribution in [3.8, 4) is 5.69 Å². The van der Waals surface area contributed by atoms with Crippen molar-refractivity contribution in [1.29, 1.82) is 0 Å². The van der Waals surface area contributed by atoms with Crippen molar-refractivity contribution in [2.45, 2.75) is 39.3 Å². The maximum atomic E-state index is 12.8. The van der Waals surface area contributed by atoms with Gasteiger partial charge in [-0.1, -0.05) is 12.1 Å². The van der Waals surface area contributed by atoms with Gasteiger partial charge in [0.15, 0.2) is 0 Å². The van der Waals surface area contributed by atoms with Crippen LogP contribution in [0.4, 0.5) is 10.5 Å². The number of nitrogens with zero attached hydrogens (tertiary/aromatic N) is 3. The third-order valence-electron chi connectivity index (χ3n) is 4.51. The number of thiophene rings is 1. The summed E-state index contributed by atoms with van der Waals surface area (Å²) in [5, 5.41) is 9.63. The average Bonchev–Trinajstić information content (AvgIpc) is 3.21. The Morgan fingerprint density at radius 2 is 2.12 bits per heavy atom. The lowest BCUT2D eigenvalue weighted by Crippen LogP contribution is -2.36. The van der Waals surface area contributed by atoms with Gasteiger partial charge in [0.05, 0.1) is 17.9 Å². The maximum Gasteiger partial charge on any atom is 0.322 e. The number of carbonyl (C=O) groups is 1. The van der Waals surface area contributed by atoms with Crippen LogP contribution < -0.4 is 5.32 Å². The first kappa shape index (κ1) is 16.8. The topological polar surface area (TPSA) is 50.2 Å². The molecular weight excluding hydrogens is 344 g/mol. The second kappa shape index (κ2) is 6.96. The molecule has 2 heterocycles. The number of amides is 2. The predicted octanol–water partition coefficient (Wildman–Crippen LogP) is 4.75. The van der Waals surface area contributed by atoms with Crippen molar-refractivity contribution >= 4 is 23.1 Å². The van der Waals surface area contributed by atoms with Gasteiger partial charge in [0.1, 0.15) is 0 Å². The van der Waals surface area contributed by atoms with Crippen LogP contribution in [0, 0.1) is 13.8 Å². The van der Waals surface area contributed by atoms with Crippen LogP contribution in [0.5, 0.6) is 0 Å². The Morgan fingerprint density at radius 1 is 1.27 bits per heavy atom. The highest BCUT2D eigenvalue weighted by molar-refractivity contribution is 7.09. The van der Waals surface area contributed by atoms with Gasteiger partial charge in [-0.25, -0.2) is 9.48 Å². The van der Waals surface area contributed by atoms with Crippen LogP contribution in [-0.4, -0.2) is 26.8 Å². The lowest BCUT2D eigenvalue weighted by atomic mass is 10.2. The van der Waals surface area contributed by atoms with Gasteiger partial charge in [-0.2, -0.15) is 5.10 Å². The van der Waals surface area contributed by atoms with Gasteiger partial charge in [0, 0.05) is 22.3 Å². The van der Waals surface area contributed by atoms with Crippen LogP contribution in [0.15, 0.2) is 47.8 Å². The highest BCUT2D eigenvalue weighted by Gasteiger charge is 2.32. The molecule has 134 valence electrons. The van der Waals surface area contributed by atoms with Gasteiger partial charge in [-0.3, -0.25) is 0 Å². The Balaban J connectivity index is 1.51. The monoisotopic (exact) mass is 366 g/mol. The normalized spacial score (nSPS) is 13.6. The molecule has 26 heavy (non-hydrogen) atoms. The summed E-state index contributed by atoms with van der Waals surface area (Å²) in [4.78, 5) is 16.0. The molecule has 1 saturated carbocycles. The minimum absolute atomic E-state index is 0.0357. The van der Waals surface area contributed by atoms with Crippen molar-refractivity contribution in [3.05, 3.63) is 64.1 Å². The van der Waals surface area contributed by atoms with Crippen molar-refractivity contribution < 1.29 is 4.79 Å². The van der Waals surface area contributed by atoms with Crippen LogP contribution in [0.1, 0.15) is 29.1 Å². The summed E-state index contributed by atoms with van der Waals surface area (Å²) in [6, 6.07) is 14.3. The zero-order chi connectivity index (χ0) is 18.1. The minimum atomic E-state index is -0.0357. The molecular formula is C20H22N4OS. The van der Waals surface area contributed by atoms with Crippen LogP contribution in [-0.2, 0) is 6.54 Å². The van der Waals surface area contributed by atoms with Gasteiger partial charge in [-0.15, -0.1) is 11.3 Å². The summed E-state index contributed by atoms with van der Waals surface area (Å²) in [5.74, 6) is 0. The fourth-order valence-corrected chi connectivity index (χ4v) is 3.83. The van der Waals surface area contributed by atoms with Gasteiger partial charge >= 0.3 is 6.03 Å². The summed E-state index contributed by atoms with van der Waals surface area (Å²) < 4.78 is 1.90. The molecule has 1 aliphatic carbocycles. The van der Waals surface area contributed by atoms with E-state index in [1.165, 1.54) is 4.88 Å². The van der Waals surface area contributed by atoms with E-state index in [0.717, 1.165) is 35.6 Å². The summed E-state index contributed by atoms with van der Waals surface area (Å²) in [6.07, 6.45) is 2.18. The lowest BCUT2D eigenvalue weighted by molar-refractivity contribution is 0.206. The Labute approximate surface area is 157 Å². The highest BCUT2D eigenvalue weighted by atomic mass is 32.1. The van der Waals surface area contributed by atoms with Crippen molar-refractivity contribution in [2.24, 2.45) is 0 Å². The Morgan fingerprint density at radius 3 is 2.77 bits per heavy atom. The van der Waals surface area contributed by atoms with E-state index in [0.29, 0.717) is 12.6 Å². The molecule has 1 fully saturated rings. The van der Waals surface area contributed by atoms with E-state index >= 15 is 0 Å². The van der Waals surface area contributed by atoms with E-state index in [-0.39, 0.29) is 6.03 Å². The van der Waals surface area contributed by atoms with E-state index < -0.39 is 0 Å². The predicted molar refractivity (Wildman–Crippen MR) is 105 cm³/mol. The van der Waals surface area contributed by atoms with Crippen LogP contribution in [0.25, 0.3) is 5.69 Å². The molecule has 0 atom stereocenters. The minimum Gasteiger partial charge on any atom is -0.316 e. The van der Waals surface area contributed by atoms with Crippen molar-refractivity contribution in [1.82, 2.24) is 14.7 Å². The first-order chi connectivity index (χ1) is 12.6. The number of urea groups is 1. The first-order valence-corrected chi connectivity index (χ1v) is 9.72. The lowest BCUT2D eigenvalue weighted by Gasteiger charge is -2.22. The molecule has 1 aromatic carbocycles. The van der Waals surface area contributed by atoms with Crippen molar-refractivity contribution in [3.63, 3.8) is 0 Å². The van der Waals surface area contributed by atoms with Gasteiger partial charge in [0.2, 0.25) is 0 Å². The zero-order valence-electron chi connectivity index (χ0n) is 15.0. The number of benzene rings is 1. The number of aromatic nitrogens is 2. The van der Waals surface area contributed by atoms with E-state index in [4.69, 9.17) is 0 Å². The summed E-state index contributed by atoms with van der Waals surface area (Å²) in [7, 11) is 0. The molecule has 6 heteroatoms. The molecule has 0 saturated heterocycles. The highest BCUT2D eigenvalue weighted by Crippen LogP contribution is 2.30. The number of aryl methyl sites for hydroxylation is 2. The van der Waals surface area contributed by atoms with Gasteiger partial charge in [0.25, 0.3) is 0 Å². The summed E-state index contributed by atoms with van der Waals surface area (Å²) >= 11 is 1.69. The summed E-state index contributed by atoms with van der Waals surface area (Å²) in [6.45, 7) is 4.68. The Kier molecular flexibility index (Phi) is 4.51. The first-order valence-electron chi connectivity index (χ1n) is 8.84. The largest absolute Gasteiger partial charge is 0.322 e. The van der Waals surface area contributed by atoms with Gasteiger partial charge < -0.3 is 10.2 Å². The molecule has 4 rings (SSSR count). The fraction of sp³-hybridized carbons (Fsp3) is 0.300. The standard InChI is InChI=1S/C20H22N4OS/c1-14-11-15(2)24(22-14)18-6-3-5-16(12-18)21-20(25)23(17-8-9-17)13-19-7-4-10-26-19/h3-7,10-12,17H,8-9,13H2,1-2H3,(H,21,25). The average molecular weight is 366 g/mol. The van der Waals surface area contributed by atoms with Crippen LogP contribution >= 0.6 is 11.3 Å². The molecule has 0 unspecified atom stereocenters. The SMILES string of the molecule is Cc1cc(C)n(-c2cccc(NC(=O)N(Cc3cccs3)C3CC3)c2)n1. The van der Waals surface area contributed by atoms with E-state index in [2.05, 4.69) is 21.9 Å². The molecule has 2 amide bonds.